The van der Waals surface area contributed by atoms with Gasteiger partial charge in [0.25, 0.3) is 5.91 Å². The molecule has 1 aliphatic heterocycles. The van der Waals surface area contributed by atoms with Gasteiger partial charge >= 0.3 is 0 Å². The summed E-state index contributed by atoms with van der Waals surface area (Å²) in [5.74, 6) is 0.124. The number of aromatic nitrogens is 3. The van der Waals surface area contributed by atoms with E-state index in [9.17, 15) is 4.79 Å². The van der Waals surface area contributed by atoms with E-state index in [2.05, 4.69) is 20.9 Å². The second-order valence-electron chi connectivity index (χ2n) is 5.57. The summed E-state index contributed by atoms with van der Waals surface area (Å²) in [6.45, 7) is 4.22. The van der Waals surface area contributed by atoms with Crippen molar-refractivity contribution in [1.82, 2.24) is 20.3 Å². The fourth-order valence-electron chi connectivity index (χ4n) is 2.72. The molecule has 0 atom stereocenters. The van der Waals surface area contributed by atoms with Crippen LogP contribution < -0.4 is 15.4 Å². The van der Waals surface area contributed by atoms with Crippen LogP contribution in [0.5, 0.6) is 5.75 Å². The lowest BCUT2D eigenvalue weighted by atomic mass is 10.1. The first kappa shape index (κ1) is 19.5. The minimum Gasteiger partial charge on any atom is -0.490 e. The molecular formula is C16H21Cl2N5O2. The maximum atomic E-state index is 12.4. The number of rotatable bonds is 5. The van der Waals surface area contributed by atoms with E-state index in [-0.39, 0.29) is 30.0 Å². The number of nitrogens with one attached hydrogen (secondary N) is 2. The third-order valence-corrected chi connectivity index (χ3v) is 4.23. The summed E-state index contributed by atoms with van der Waals surface area (Å²) in [7, 11) is 0. The molecule has 0 aliphatic carbocycles. The zero-order valence-electron chi connectivity index (χ0n) is 13.9. The molecule has 25 heavy (non-hydrogen) atoms. The molecule has 1 saturated heterocycles. The van der Waals surface area contributed by atoms with Gasteiger partial charge in [-0.1, -0.05) is 22.9 Å². The highest BCUT2D eigenvalue weighted by Crippen LogP contribution is 2.33. The molecule has 2 N–H and O–H groups in total. The number of hydrogen-bond donors (Lipinski definition) is 2. The fraction of sp³-hybridized carbons (Fsp3) is 0.438. The van der Waals surface area contributed by atoms with Crippen LogP contribution in [-0.4, -0.2) is 40.6 Å². The Morgan fingerprint density at radius 1 is 1.44 bits per heavy atom. The summed E-state index contributed by atoms with van der Waals surface area (Å²) in [5.41, 5.74) is 0.793. The van der Waals surface area contributed by atoms with E-state index in [4.69, 9.17) is 16.3 Å². The number of piperidine rings is 1. The smallest absolute Gasteiger partial charge is 0.277 e. The van der Waals surface area contributed by atoms with Crippen LogP contribution in [0.3, 0.4) is 0 Å². The van der Waals surface area contributed by atoms with Crippen molar-refractivity contribution in [3.05, 3.63) is 35.1 Å². The van der Waals surface area contributed by atoms with E-state index in [0.717, 1.165) is 25.9 Å². The molecule has 0 unspecified atom stereocenters. The molecule has 136 valence electrons. The zero-order chi connectivity index (χ0) is 16.9. The van der Waals surface area contributed by atoms with Crippen molar-refractivity contribution in [2.45, 2.75) is 25.8 Å². The van der Waals surface area contributed by atoms with Gasteiger partial charge in [0.2, 0.25) is 0 Å². The molecule has 3 rings (SSSR count). The maximum absolute atomic E-state index is 12.4. The molecule has 1 aromatic heterocycles. The number of nitrogens with zero attached hydrogens (tertiary/aromatic N) is 3. The van der Waals surface area contributed by atoms with E-state index < -0.39 is 0 Å². The molecule has 9 heteroatoms. The van der Waals surface area contributed by atoms with Gasteiger partial charge in [-0.25, -0.2) is 4.68 Å². The van der Waals surface area contributed by atoms with Crippen LogP contribution in [-0.2, 0) is 0 Å². The number of amides is 1. The molecule has 0 radical (unpaired) electrons. The average Bonchev–Trinajstić information content (AvgIpc) is 3.09. The Bertz CT molecular complexity index is 716. The molecular weight excluding hydrogens is 365 g/mol. The maximum Gasteiger partial charge on any atom is 0.277 e. The van der Waals surface area contributed by atoms with Crippen molar-refractivity contribution in [3.8, 4) is 5.75 Å². The quantitative estimate of drug-likeness (QED) is 0.826. The Morgan fingerprint density at radius 3 is 2.92 bits per heavy atom. The monoisotopic (exact) mass is 385 g/mol. The number of halogens is 2. The van der Waals surface area contributed by atoms with Gasteiger partial charge in [0.05, 0.1) is 29.6 Å². The summed E-state index contributed by atoms with van der Waals surface area (Å²) < 4.78 is 7.29. The van der Waals surface area contributed by atoms with Crippen LogP contribution in [0, 0.1) is 0 Å². The zero-order valence-corrected chi connectivity index (χ0v) is 15.4. The van der Waals surface area contributed by atoms with Crippen molar-refractivity contribution >= 4 is 35.6 Å². The molecule has 0 saturated carbocycles. The fourth-order valence-corrected chi connectivity index (χ4v) is 2.94. The second kappa shape index (κ2) is 9.03. The van der Waals surface area contributed by atoms with Crippen LogP contribution in [0.2, 0.25) is 5.02 Å². The van der Waals surface area contributed by atoms with Gasteiger partial charge in [-0.2, -0.15) is 0 Å². The van der Waals surface area contributed by atoms with Crippen molar-refractivity contribution in [2.24, 2.45) is 0 Å². The molecule has 7 nitrogen and oxygen atoms in total. The lowest BCUT2D eigenvalue weighted by Crippen LogP contribution is -2.29. The predicted molar refractivity (Wildman–Crippen MR) is 99.0 cm³/mol. The van der Waals surface area contributed by atoms with Crippen molar-refractivity contribution < 1.29 is 9.53 Å². The standard InChI is InChI=1S/C16H20ClN5O2.ClH/c1-2-24-15-12(17)4-3-5-13(15)19-16(23)14-10-22(21-20-14)11-6-8-18-9-7-11;/h3-5,10-11,18H,2,6-9H2,1H3,(H,19,23);1H. The first-order valence-electron chi connectivity index (χ1n) is 8.04. The van der Waals surface area contributed by atoms with E-state index in [1.165, 1.54) is 0 Å². The van der Waals surface area contributed by atoms with E-state index in [1.54, 1.807) is 29.1 Å². The largest absolute Gasteiger partial charge is 0.490 e. The van der Waals surface area contributed by atoms with Crippen LogP contribution >= 0.6 is 24.0 Å². The van der Waals surface area contributed by atoms with Gasteiger partial charge in [0, 0.05) is 0 Å². The molecule has 0 spiro atoms. The number of carbonyl (C=O) groups excluding carboxylic acids is 1. The number of ether oxygens (including phenoxy) is 1. The van der Waals surface area contributed by atoms with Gasteiger partial charge in [0.1, 0.15) is 0 Å². The number of para-hydroxylation sites is 1. The Labute approximate surface area is 157 Å². The Kier molecular flexibility index (Phi) is 7.04. The second-order valence-corrected chi connectivity index (χ2v) is 5.98. The Morgan fingerprint density at radius 2 is 2.20 bits per heavy atom. The van der Waals surface area contributed by atoms with Crippen molar-refractivity contribution in [2.75, 3.05) is 25.0 Å². The first-order valence-corrected chi connectivity index (χ1v) is 8.42. The number of anilines is 1. The highest BCUT2D eigenvalue weighted by atomic mass is 35.5. The lowest BCUT2D eigenvalue weighted by Gasteiger charge is -2.22. The average molecular weight is 386 g/mol. The predicted octanol–water partition coefficient (Wildman–Crippen LogP) is 2.93. The molecule has 1 aromatic carbocycles. The molecule has 1 aliphatic rings. The SMILES string of the molecule is CCOc1c(Cl)cccc1NC(=O)c1cn(C2CCNCC2)nn1.Cl. The van der Waals surface area contributed by atoms with E-state index >= 15 is 0 Å². The van der Waals surface area contributed by atoms with Crippen LogP contribution in [0.25, 0.3) is 0 Å². The molecule has 1 amide bonds. The molecule has 0 bridgehead atoms. The molecule has 1 fully saturated rings. The van der Waals surface area contributed by atoms with E-state index in [1.807, 2.05) is 6.92 Å². The van der Waals surface area contributed by atoms with Crippen molar-refractivity contribution in [3.63, 3.8) is 0 Å². The molecule has 2 aromatic rings. The summed E-state index contributed by atoms with van der Waals surface area (Å²) in [5, 5.41) is 14.6. The summed E-state index contributed by atoms with van der Waals surface area (Å²) in [6.07, 6.45) is 3.65. The van der Waals surface area contributed by atoms with Crippen LogP contribution in [0.15, 0.2) is 24.4 Å². The van der Waals surface area contributed by atoms with Crippen LogP contribution in [0.4, 0.5) is 5.69 Å². The Balaban J connectivity index is 0.00000225. The first-order chi connectivity index (χ1) is 11.7. The normalized spacial score (nSPS) is 14.6. The number of benzene rings is 1. The highest BCUT2D eigenvalue weighted by Gasteiger charge is 2.20. The van der Waals surface area contributed by atoms with Crippen molar-refractivity contribution in [1.29, 1.82) is 0 Å². The Hall–Kier alpha value is -1.83. The van der Waals surface area contributed by atoms with Gasteiger partial charge in [0.15, 0.2) is 11.4 Å². The number of hydrogen-bond acceptors (Lipinski definition) is 5. The topological polar surface area (TPSA) is 81.1 Å². The summed E-state index contributed by atoms with van der Waals surface area (Å²) >= 11 is 6.13. The lowest BCUT2D eigenvalue weighted by molar-refractivity contribution is 0.102. The van der Waals surface area contributed by atoms with Crippen LogP contribution in [0.1, 0.15) is 36.3 Å². The van der Waals surface area contributed by atoms with Gasteiger partial charge in [-0.15, -0.1) is 17.5 Å². The third-order valence-electron chi connectivity index (χ3n) is 3.93. The van der Waals surface area contributed by atoms with E-state index in [0.29, 0.717) is 23.1 Å². The van der Waals surface area contributed by atoms with Gasteiger partial charge in [-0.3, -0.25) is 4.79 Å². The van der Waals surface area contributed by atoms with Gasteiger partial charge in [-0.05, 0) is 45.0 Å². The summed E-state index contributed by atoms with van der Waals surface area (Å²) in [4.78, 5) is 12.4. The third kappa shape index (κ3) is 4.62. The highest BCUT2D eigenvalue weighted by molar-refractivity contribution is 6.32. The molecule has 2 heterocycles. The van der Waals surface area contributed by atoms with Gasteiger partial charge < -0.3 is 15.4 Å². The minimum atomic E-state index is -0.335. The minimum absolute atomic E-state index is 0. The summed E-state index contributed by atoms with van der Waals surface area (Å²) in [6, 6.07) is 5.50. The number of carbonyl (C=O) groups is 1.